The molecule has 0 bridgehead atoms. The van der Waals surface area contributed by atoms with Crippen LogP contribution >= 0.6 is 0 Å². The maximum Gasteiger partial charge on any atom is 1.00 e. The van der Waals surface area contributed by atoms with Gasteiger partial charge < -0.3 is 24.5 Å². The van der Waals surface area contributed by atoms with E-state index < -0.39 is 19.3 Å². The second kappa shape index (κ2) is 21.0. The van der Waals surface area contributed by atoms with Gasteiger partial charge in [-0.2, -0.15) is 0 Å². The Morgan fingerprint density at radius 1 is 0.938 bits per heavy atom. The summed E-state index contributed by atoms with van der Waals surface area (Å²) >= 11 is 0. The smallest absolute Gasteiger partial charge is 0.907 e. The van der Waals surface area contributed by atoms with Gasteiger partial charge in [-0.05, 0) is 0 Å². The van der Waals surface area contributed by atoms with E-state index in [-0.39, 0.29) is 63.0 Å². The van der Waals surface area contributed by atoms with Crippen LogP contribution in [0.2, 0.25) is 0 Å². The van der Waals surface area contributed by atoms with Crippen molar-refractivity contribution >= 4 is 19.3 Å². The van der Waals surface area contributed by atoms with E-state index in [1.165, 1.54) is 14.2 Å². The molecular weight excluding hydrogens is 204 g/mol. The van der Waals surface area contributed by atoms with Gasteiger partial charge in [-0.25, -0.2) is 0 Å². The summed E-state index contributed by atoms with van der Waals surface area (Å²) in [5.41, 5.74) is 0. The van der Waals surface area contributed by atoms with E-state index in [1.807, 2.05) is 0 Å². The van der Waals surface area contributed by atoms with Gasteiger partial charge in [0.2, 0.25) is 0 Å². The quantitative estimate of drug-likeness (QED) is 0.253. The van der Waals surface area contributed by atoms with Crippen molar-refractivity contribution in [3.63, 3.8) is 0 Å². The summed E-state index contributed by atoms with van der Waals surface area (Å²) in [5.74, 6) is -1.16. The van der Waals surface area contributed by atoms with Crippen LogP contribution in [0.3, 0.4) is 0 Å². The molecule has 0 atom stereocenters. The van der Waals surface area contributed by atoms with Gasteiger partial charge in [-0.1, -0.05) is 0 Å². The van der Waals surface area contributed by atoms with Crippen LogP contribution in [0, 0.1) is 0 Å². The summed E-state index contributed by atoms with van der Waals surface area (Å²) in [7, 11) is -0.490. The number of rotatable bonds is 2. The van der Waals surface area contributed by atoms with Gasteiger partial charge in [-0.15, -0.1) is 0 Å². The maximum atomic E-state index is 10.3. The summed E-state index contributed by atoms with van der Waals surface area (Å²) in [5, 5.41) is 25.2. The normalized spacial score (nSPS) is 6.31. The summed E-state index contributed by atoms with van der Waals surface area (Å²) in [4.78, 5) is 20.5. The molecule has 76 valence electrons. The summed E-state index contributed by atoms with van der Waals surface area (Å²) in [6.45, 7) is 0. The van der Waals surface area contributed by atoms with Crippen molar-refractivity contribution in [1.82, 2.24) is 0 Å². The van der Waals surface area contributed by atoms with Gasteiger partial charge in [0.05, 0.1) is 14.2 Å². The zero-order valence-electron chi connectivity index (χ0n) is 10.1. The van der Waals surface area contributed by atoms with Crippen LogP contribution in [0.15, 0.2) is 0 Å². The van der Waals surface area contributed by atoms with E-state index >= 15 is 0 Å². The van der Waals surface area contributed by atoms with Crippen LogP contribution in [0.25, 0.3) is 0 Å². The van der Waals surface area contributed by atoms with Crippen LogP contribution in [-0.4, -0.2) is 33.5 Å². The maximum absolute atomic E-state index is 10.3. The molecule has 0 aromatic carbocycles. The largest absolute Gasteiger partial charge is 1.00 e. The molecule has 0 aliphatic rings. The molecule has 16 heavy (non-hydrogen) atoms. The molecule has 0 N–H and O–H groups in total. The molecule has 0 fully saturated rings. The van der Waals surface area contributed by atoms with E-state index in [2.05, 4.69) is 9.47 Å². The monoisotopic (exact) mass is 212 g/mol. The third-order valence-corrected chi connectivity index (χ3v) is 0.744. The Morgan fingerprint density at radius 2 is 1.12 bits per heavy atom. The first-order chi connectivity index (χ1) is 5.93. The molecule has 0 aromatic rings. The molecule has 0 aliphatic heterocycles. The van der Waals surface area contributed by atoms with Crippen LogP contribution in [0.4, 0.5) is 0 Å². The molecule has 0 unspecified atom stereocenters. The molecule has 11 heteroatoms. The Kier molecular flexibility index (Phi) is 39.5. The standard InChI is InChI=1S/C5H8O4.BO3.3Li/c1-8-4(6)3-5(7)9-2;2-1(3)4;;;/h3H2,1-2H3;;;;/q;-3;3*+1. The second-order valence-corrected chi connectivity index (χ2v) is 1.62. The first-order valence-corrected chi connectivity index (χ1v) is 3.05. The molecular formula is C5H8BLi3O7. The zero-order chi connectivity index (χ0) is 10.9. The van der Waals surface area contributed by atoms with E-state index in [4.69, 9.17) is 15.1 Å². The average Bonchev–Trinajstić information content (AvgIpc) is 2.03. The van der Waals surface area contributed by atoms with Crippen molar-refractivity contribution in [3.8, 4) is 0 Å². The van der Waals surface area contributed by atoms with Crippen molar-refractivity contribution < 1.29 is 90.7 Å². The first kappa shape index (κ1) is 30.1. The van der Waals surface area contributed by atoms with Gasteiger partial charge in [0.25, 0.3) is 0 Å². The zero-order valence-corrected chi connectivity index (χ0v) is 10.1. The molecule has 7 nitrogen and oxygen atoms in total. The van der Waals surface area contributed by atoms with E-state index in [1.54, 1.807) is 0 Å². The van der Waals surface area contributed by atoms with Gasteiger partial charge in [0.1, 0.15) is 6.42 Å². The summed E-state index contributed by atoms with van der Waals surface area (Å²) < 4.78 is 8.37. The van der Waals surface area contributed by atoms with Crippen LogP contribution in [0.5, 0.6) is 0 Å². The number of carbonyl (C=O) groups is 2. The fraction of sp³-hybridized carbons (Fsp3) is 0.600. The average molecular weight is 212 g/mol. The third-order valence-electron chi connectivity index (χ3n) is 0.744. The number of hydrogen-bond acceptors (Lipinski definition) is 7. The summed E-state index contributed by atoms with van der Waals surface area (Å²) in [6.07, 6.45) is -0.312. The summed E-state index contributed by atoms with van der Waals surface area (Å²) in [6, 6.07) is 0. The molecule has 0 radical (unpaired) electrons. The van der Waals surface area contributed by atoms with Crippen molar-refractivity contribution in [2.45, 2.75) is 6.42 Å². The Labute approximate surface area is 130 Å². The van der Waals surface area contributed by atoms with Crippen molar-refractivity contribution in [1.29, 1.82) is 0 Å². The van der Waals surface area contributed by atoms with Gasteiger partial charge >= 0.3 is 68.5 Å². The Hall–Kier alpha value is 0.677. The van der Waals surface area contributed by atoms with Crippen LogP contribution < -0.4 is 71.7 Å². The molecule has 0 spiro atoms. The fourth-order valence-electron chi connectivity index (χ4n) is 0.262. The third kappa shape index (κ3) is 36.5. The SMILES string of the molecule is COC(=O)CC(=O)OC.[Li+].[Li+].[Li+].[O-]B([O-])[O-]. The Morgan fingerprint density at radius 3 is 1.25 bits per heavy atom. The number of methoxy groups -OCH3 is 2. The van der Waals surface area contributed by atoms with E-state index in [0.29, 0.717) is 0 Å². The van der Waals surface area contributed by atoms with Crippen molar-refractivity contribution in [3.05, 3.63) is 0 Å². The molecule has 0 saturated carbocycles. The van der Waals surface area contributed by atoms with Gasteiger partial charge in [-0.3, -0.25) is 16.9 Å². The molecule has 0 aromatic heterocycles. The van der Waals surface area contributed by atoms with Crippen LogP contribution in [0.1, 0.15) is 6.42 Å². The van der Waals surface area contributed by atoms with Gasteiger partial charge in [0.15, 0.2) is 0 Å². The minimum Gasteiger partial charge on any atom is -0.907 e. The second-order valence-electron chi connectivity index (χ2n) is 1.62. The molecule has 0 heterocycles. The Balaban J connectivity index is -0.0000000511. The molecule has 0 saturated heterocycles. The minimum atomic E-state index is -2.92. The number of carbonyl (C=O) groups excluding carboxylic acids is 2. The fourth-order valence-corrected chi connectivity index (χ4v) is 0.262. The first-order valence-electron chi connectivity index (χ1n) is 3.05. The topological polar surface area (TPSA) is 122 Å². The predicted octanol–water partition coefficient (Wildman–Crippen LogP) is -13.2. The minimum absolute atomic E-state index is 0. The van der Waals surface area contributed by atoms with E-state index in [9.17, 15) is 9.59 Å². The number of ether oxygens (including phenoxy) is 2. The van der Waals surface area contributed by atoms with Crippen molar-refractivity contribution in [2.24, 2.45) is 0 Å². The molecule has 0 rings (SSSR count). The molecule has 0 aliphatic carbocycles. The molecule has 0 amide bonds. The Bertz CT molecular complexity index is 151. The van der Waals surface area contributed by atoms with Crippen molar-refractivity contribution in [2.75, 3.05) is 14.2 Å². The predicted molar refractivity (Wildman–Crippen MR) is 34.4 cm³/mol. The van der Waals surface area contributed by atoms with Gasteiger partial charge in [0, 0.05) is 0 Å². The number of esters is 2. The van der Waals surface area contributed by atoms with E-state index in [0.717, 1.165) is 0 Å². The number of hydrogen-bond donors (Lipinski definition) is 0. The van der Waals surface area contributed by atoms with Crippen LogP contribution in [-0.2, 0) is 19.1 Å².